The summed E-state index contributed by atoms with van der Waals surface area (Å²) in [4.78, 5) is 17.3. The van der Waals surface area contributed by atoms with Crippen molar-refractivity contribution >= 4 is 11.6 Å². The molecule has 1 aromatic rings. The van der Waals surface area contributed by atoms with Crippen molar-refractivity contribution in [2.75, 3.05) is 31.5 Å². The number of hydrogen-bond acceptors (Lipinski definition) is 3. The Bertz CT molecular complexity index is 514. The minimum Gasteiger partial charge on any atom is -0.325 e. The number of hydrogen-bond donors (Lipinski definition) is 1. The van der Waals surface area contributed by atoms with E-state index in [0.717, 1.165) is 18.8 Å². The van der Waals surface area contributed by atoms with Crippen LogP contribution in [0.25, 0.3) is 0 Å². The van der Waals surface area contributed by atoms with Crippen molar-refractivity contribution in [3.63, 3.8) is 0 Å². The van der Waals surface area contributed by atoms with Gasteiger partial charge in [0.25, 0.3) is 0 Å². The lowest BCUT2D eigenvalue weighted by Crippen LogP contribution is -2.59. The summed E-state index contributed by atoms with van der Waals surface area (Å²) in [6, 6.07) is 9.10. The molecule has 2 aliphatic rings. The van der Waals surface area contributed by atoms with Crippen LogP contribution < -0.4 is 5.32 Å². The SMILES string of the molecule is Cc1ccc(NC(=O)CN2C[C@H]3CCCCN3C[C@@H]2C)cc1. The normalized spacial score (nSPS) is 26.5. The summed E-state index contributed by atoms with van der Waals surface area (Å²) < 4.78 is 0. The van der Waals surface area contributed by atoms with Crippen LogP contribution in [0.1, 0.15) is 31.7 Å². The van der Waals surface area contributed by atoms with E-state index in [0.29, 0.717) is 18.6 Å². The highest BCUT2D eigenvalue weighted by Crippen LogP contribution is 2.23. The molecule has 3 rings (SSSR count). The van der Waals surface area contributed by atoms with Crippen LogP contribution in [0.4, 0.5) is 5.69 Å². The number of aryl methyl sites for hydroxylation is 1. The first kappa shape index (κ1) is 15.5. The van der Waals surface area contributed by atoms with Gasteiger partial charge in [-0.3, -0.25) is 14.6 Å². The monoisotopic (exact) mass is 301 g/mol. The first-order chi connectivity index (χ1) is 10.6. The lowest BCUT2D eigenvalue weighted by molar-refractivity contribution is -0.119. The molecule has 0 spiro atoms. The largest absolute Gasteiger partial charge is 0.325 e. The van der Waals surface area contributed by atoms with Crippen LogP contribution in [0, 0.1) is 6.92 Å². The molecule has 1 amide bonds. The Kier molecular flexibility index (Phi) is 4.79. The van der Waals surface area contributed by atoms with E-state index in [1.165, 1.54) is 31.4 Å². The van der Waals surface area contributed by atoms with Crippen LogP contribution in [0.15, 0.2) is 24.3 Å². The van der Waals surface area contributed by atoms with Crippen molar-refractivity contribution in [3.8, 4) is 0 Å². The number of anilines is 1. The predicted molar refractivity (Wildman–Crippen MR) is 90.1 cm³/mol. The molecule has 22 heavy (non-hydrogen) atoms. The molecule has 120 valence electrons. The lowest BCUT2D eigenvalue weighted by Gasteiger charge is -2.47. The molecule has 1 N–H and O–H groups in total. The molecule has 0 saturated carbocycles. The van der Waals surface area contributed by atoms with E-state index in [1.54, 1.807) is 0 Å². The molecule has 2 fully saturated rings. The molecular weight excluding hydrogens is 274 g/mol. The third-order valence-electron chi connectivity index (χ3n) is 5.00. The second-order valence-electron chi connectivity index (χ2n) is 6.84. The summed E-state index contributed by atoms with van der Waals surface area (Å²) in [5.74, 6) is 0.0972. The molecule has 0 aromatic heterocycles. The van der Waals surface area contributed by atoms with Crippen LogP contribution in [0.2, 0.25) is 0 Å². The van der Waals surface area contributed by atoms with Crippen LogP contribution in [-0.4, -0.2) is 54.0 Å². The smallest absolute Gasteiger partial charge is 0.238 e. The second kappa shape index (κ2) is 6.80. The number of carbonyl (C=O) groups is 1. The van der Waals surface area contributed by atoms with Crippen LogP contribution in [0.5, 0.6) is 0 Å². The number of nitrogens with one attached hydrogen (secondary N) is 1. The highest BCUT2D eigenvalue weighted by molar-refractivity contribution is 5.92. The topological polar surface area (TPSA) is 35.6 Å². The Morgan fingerprint density at radius 2 is 2.00 bits per heavy atom. The van der Waals surface area contributed by atoms with Gasteiger partial charge in [-0.15, -0.1) is 0 Å². The summed E-state index contributed by atoms with van der Waals surface area (Å²) in [5.41, 5.74) is 2.10. The zero-order valence-electron chi connectivity index (χ0n) is 13.7. The lowest BCUT2D eigenvalue weighted by atomic mass is 9.97. The summed E-state index contributed by atoms with van der Waals surface area (Å²) in [6.07, 6.45) is 3.94. The Hall–Kier alpha value is -1.39. The molecule has 1 aromatic carbocycles. The van der Waals surface area contributed by atoms with Crippen molar-refractivity contribution in [1.29, 1.82) is 0 Å². The van der Waals surface area contributed by atoms with Gasteiger partial charge in [0.2, 0.25) is 5.91 Å². The summed E-state index contributed by atoms with van der Waals surface area (Å²) in [5, 5.41) is 3.01. The third-order valence-corrected chi connectivity index (χ3v) is 5.00. The maximum Gasteiger partial charge on any atom is 0.238 e. The van der Waals surface area contributed by atoms with E-state index in [1.807, 2.05) is 24.3 Å². The number of piperidine rings is 1. The van der Waals surface area contributed by atoms with Crippen molar-refractivity contribution < 1.29 is 4.79 Å². The number of benzene rings is 1. The zero-order chi connectivity index (χ0) is 15.5. The molecular formula is C18H27N3O. The van der Waals surface area contributed by atoms with Gasteiger partial charge < -0.3 is 5.32 Å². The maximum atomic E-state index is 12.3. The molecule has 0 bridgehead atoms. The molecule has 0 unspecified atom stereocenters. The molecule has 4 heteroatoms. The second-order valence-corrected chi connectivity index (χ2v) is 6.84. The molecule has 2 saturated heterocycles. The van der Waals surface area contributed by atoms with Crippen molar-refractivity contribution in [2.45, 2.75) is 45.2 Å². The number of piperazine rings is 1. The number of carbonyl (C=O) groups excluding carboxylic acids is 1. The summed E-state index contributed by atoms with van der Waals surface area (Å²) >= 11 is 0. The predicted octanol–water partition coefficient (Wildman–Crippen LogP) is 2.49. The van der Waals surface area contributed by atoms with Crippen molar-refractivity contribution in [2.24, 2.45) is 0 Å². The molecule has 0 radical (unpaired) electrons. The van der Waals surface area contributed by atoms with Gasteiger partial charge in [-0.25, -0.2) is 0 Å². The van der Waals surface area contributed by atoms with E-state index >= 15 is 0 Å². The van der Waals surface area contributed by atoms with Crippen LogP contribution in [-0.2, 0) is 4.79 Å². The van der Waals surface area contributed by atoms with Gasteiger partial charge in [0.1, 0.15) is 0 Å². The van der Waals surface area contributed by atoms with E-state index in [4.69, 9.17) is 0 Å². The quantitative estimate of drug-likeness (QED) is 0.932. The minimum absolute atomic E-state index is 0.0972. The van der Waals surface area contributed by atoms with E-state index in [2.05, 4.69) is 29.0 Å². The van der Waals surface area contributed by atoms with Gasteiger partial charge in [-0.05, 0) is 45.4 Å². The summed E-state index contributed by atoms with van der Waals surface area (Å²) in [6.45, 7) is 8.16. The fourth-order valence-corrected chi connectivity index (χ4v) is 3.65. The van der Waals surface area contributed by atoms with Gasteiger partial charge >= 0.3 is 0 Å². The summed E-state index contributed by atoms with van der Waals surface area (Å²) in [7, 11) is 0. The van der Waals surface area contributed by atoms with Crippen molar-refractivity contribution in [3.05, 3.63) is 29.8 Å². The highest BCUT2D eigenvalue weighted by atomic mass is 16.2. The van der Waals surface area contributed by atoms with Gasteiger partial charge in [0.05, 0.1) is 6.54 Å². The Morgan fingerprint density at radius 3 is 2.77 bits per heavy atom. The van der Waals surface area contributed by atoms with E-state index < -0.39 is 0 Å². The number of nitrogens with zero attached hydrogens (tertiary/aromatic N) is 2. The van der Waals surface area contributed by atoms with Crippen LogP contribution in [0.3, 0.4) is 0 Å². The van der Waals surface area contributed by atoms with Crippen LogP contribution >= 0.6 is 0 Å². The van der Waals surface area contributed by atoms with Crippen molar-refractivity contribution in [1.82, 2.24) is 9.80 Å². The molecule has 4 nitrogen and oxygen atoms in total. The standard InChI is InChI=1S/C18H27N3O/c1-14-6-8-16(9-7-14)19-18(22)13-21-12-17-5-3-4-10-20(17)11-15(21)2/h6-9,15,17H,3-5,10-13H2,1-2H3,(H,19,22)/t15-,17+/m0/s1. The molecule has 2 atom stereocenters. The average Bonchev–Trinajstić information content (AvgIpc) is 2.50. The van der Waals surface area contributed by atoms with Gasteiger partial charge in [-0.1, -0.05) is 24.1 Å². The Balaban J connectivity index is 1.55. The number of amides is 1. The Morgan fingerprint density at radius 1 is 1.23 bits per heavy atom. The third kappa shape index (κ3) is 3.68. The minimum atomic E-state index is 0.0972. The van der Waals surface area contributed by atoms with Gasteiger partial charge in [-0.2, -0.15) is 0 Å². The van der Waals surface area contributed by atoms with Gasteiger partial charge in [0, 0.05) is 30.9 Å². The molecule has 2 aliphatic heterocycles. The fraction of sp³-hybridized carbons (Fsp3) is 0.611. The van der Waals surface area contributed by atoms with E-state index in [9.17, 15) is 4.79 Å². The first-order valence-electron chi connectivity index (χ1n) is 8.46. The van der Waals surface area contributed by atoms with Gasteiger partial charge in [0.15, 0.2) is 0 Å². The molecule has 2 heterocycles. The fourth-order valence-electron chi connectivity index (χ4n) is 3.65. The molecule has 0 aliphatic carbocycles. The zero-order valence-corrected chi connectivity index (χ0v) is 13.7. The maximum absolute atomic E-state index is 12.3. The average molecular weight is 301 g/mol. The number of rotatable bonds is 3. The highest BCUT2D eigenvalue weighted by Gasteiger charge is 2.33. The Labute approximate surface area is 133 Å². The first-order valence-corrected chi connectivity index (χ1v) is 8.46. The van der Waals surface area contributed by atoms with E-state index in [-0.39, 0.29) is 5.91 Å². The number of fused-ring (bicyclic) bond motifs is 1.